The Balaban J connectivity index is 1.51. The maximum absolute atomic E-state index is 4.70. The van der Waals surface area contributed by atoms with Crippen molar-refractivity contribution in [1.82, 2.24) is 19.8 Å². The monoisotopic (exact) mass is 376 g/mol. The highest BCUT2D eigenvalue weighted by molar-refractivity contribution is 6.20. The predicted octanol–water partition coefficient (Wildman–Crippen LogP) is 0.412. The lowest BCUT2D eigenvalue weighted by atomic mass is 10.3. The third-order valence-electron chi connectivity index (χ3n) is 4.83. The normalized spacial score (nSPS) is 19.0. The van der Waals surface area contributed by atoms with Gasteiger partial charge < -0.3 is 19.8 Å². The first kappa shape index (κ1) is 15.9. The summed E-state index contributed by atoms with van der Waals surface area (Å²) in [6, 6.07) is 8.15. The Morgan fingerprint density at radius 3 is 1.62 bits per heavy atom. The summed E-state index contributed by atoms with van der Waals surface area (Å²) in [6.07, 6.45) is 20.0. The Labute approximate surface area is 166 Å². The zero-order valence-corrected chi connectivity index (χ0v) is 15.4. The van der Waals surface area contributed by atoms with Crippen molar-refractivity contribution in [1.29, 1.82) is 0 Å². The molecule has 0 aliphatic carbocycles. The summed E-state index contributed by atoms with van der Waals surface area (Å²) in [7, 11) is 0. The van der Waals surface area contributed by atoms with Gasteiger partial charge in [0.1, 0.15) is 0 Å². The van der Waals surface area contributed by atoms with E-state index in [4.69, 9.17) is 9.98 Å². The molecule has 4 aliphatic rings. The number of aromatic nitrogens is 2. The lowest BCUT2D eigenvalue weighted by Gasteiger charge is -2.10. The van der Waals surface area contributed by atoms with Gasteiger partial charge in [-0.1, -0.05) is 0 Å². The van der Waals surface area contributed by atoms with Crippen LogP contribution in [0.1, 0.15) is 0 Å². The minimum Gasteiger partial charge on any atom is -0.354 e. The summed E-state index contributed by atoms with van der Waals surface area (Å²) in [5.41, 5.74) is 3.54. The van der Waals surface area contributed by atoms with Crippen molar-refractivity contribution in [2.75, 3.05) is 0 Å². The summed E-state index contributed by atoms with van der Waals surface area (Å²) in [5.74, 6) is 0. The van der Waals surface area contributed by atoms with E-state index in [0.29, 0.717) is 0 Å². The van der Waals surface area contributed by atoms with Crippen molar-refractivity contribution < 1.29 is 0 Å². The zero-order valence-electron chi connectivity index (χ0n) is 15.4. The fourth-order valence-electron chi connectivity index (χ4n) is 3.49. The van der Waals surface area contributed by atoms with Crippen molar-refractivity contribution in [3.05, 3.63) is 100 Å². The number of nitrogens with one attached hydrogen (secondary N) is 2. The molecule has 0 unspecified atom stereocenters. The minimum absolute atomic E-state index is 0.873. The topological polar surface area (TPSA) is 62.8 Å². The number of allylic oxidation sites excluding steroid dienone is 4. The van der Waals surface area contributed by atoms with Gasteiger partial charge >= 0.3 is 0 Å². The number of fused-ring (bicyclic) bond motifs is 8. The number of hydrogen-bond donors (Lipinski definition) is 2. The molecule has 0 amide bonds. The van der Waals surface area contributed by atoms with Crippen LogP contribution in [0.25, 0.3) is 24.6 Å². The van der Waals surface area contributed by atoms with Crippen LogP contribution in [-0.4, -0.2) is 31.2 Å². The first-order valence-electron chi connectivity index (χ1n) is 9.33. The molecule has 2 aromatic rings. The highest BCUT2D eigenvalue weighted by Gasteiger charge is 2.12. The molecular weight excluding hydrogens is 360 g/mol. The van der Waals surface area contributed by atoms with Gasteiger partial charge in [-0.2, -0.15) is 0 Å². The number of H-pyrrole nitrogens is 2. The SMILES string of the molecule is [C]1N2C=CN1C=c1ccc([nH]1)=CC1=NC(=C3C=CC(=N3)C=c3ccc([nH]3)=C2)C=C1. The van der Waals surface area contributed by atoms with E-state index < -0.39 is 0 Å². The molecule has 0 aromatic carbocycles. The van der Waals surface area contributed by atoms with Crippen LogP contribution in [0.2, 0.25) is 0 Å². The molecule has 0 spiro atoms. The largest absolute Gasteiger partial charge is 0.354 e. The molecule has 6 rings (SSSR count). The molecule has 2 radical (unpaired) electrons. The molecule has 4 aliphatic heterocycles. The van der Waals surface area contributed by atoms with Crippen LogP contribution in [-0.2, 0) is 0 Å². The smallest absolute Gasteiger partial charge is 0.216 e. The number of rotatable bonds is 0. The molecule has 2 aromatic heterocycles. The Morgan fingerprint density at radius 2 is 1.10 bits per heavy atom. The van der Waals surface area contributed by atoms with Gasteiger partial charge in [-0.3, -0.25) is 0 Å². The summed E-state index contributed by atoms with van der Waals surface area (Å²) in [5, 5.41) is 3.96. The molecule has 0 saturated heterocycles. The summed E-state index contributed by atoms with van der Waals surface area (Å²) in [6.45, 7) is 3.26. The maximum Gasteiger partial charge on any atom is 0.216 e. The molecule has 6 heteroatoms. The average molecular weight is 376 g/mol. The van der Waals surface area contributed by atoms with E-state index in [1.807, 2.05) is 95.3 Å². The van der Waals surface area contributed by atoms with E-state index in [0.717, 1.165) is 44.2 Å². The second kappa shape index (κ2) is 6.24. The van der Waals surface area contributed by atoms with Gasteiger partial charge in [0, 0.05) is 35.5 Å². The van der Waals surface area contributed by atoms with Gasteiger partial charge in [0.25, 0.3) is 0 Å². The highest BCUT2D eigenvalue weighted by atomic mass is 15.3. The number of nitrogens with zero attached hydrogens (tertiary/aromatic N) is 4. The van der Waals surface area contributed by atoms with Crippen LogP contribution >= 0.6 is 0 Å². The quantitative estimate of drug-likeness (QED) is 0.700. The van der Waals surface area contributed by atoms with Crippen LogP contribution < -0.4 is 21.4 Å². The van der Waals surface area contributed by atoms with E-state index in [-0.39, 0.29) is 0 Å². The lowest BCUT2D eigenvalue weighted by Crippen LogP contribution is -2.19. The first-order valence-corrected chi connectivity index (χ1v) is 9.33. The van der Waals surface area contributed by atoms with E-state index in [2.05, 4.69) is 16.6 Å². The van der Waals surface area contributed by atoms with Crippen molar-refractivity contribution in [3.8, 4) is 0 Å². The molecule has 10 bridgehead atoms. The molecule has 2 N–H and O–H groups in total. The van der Waals surface area contributed by atoms with Gasteiger partial charge in [-0.25, -0.2) is 9.98 Å². The molecule has 0 fully saturated rings. The van der Waals surface area contributed by atoms with Gasteiger partial charge in [-0.05, 0) is 60.7 Å². The second-order valence-electron chi connectivity index (χ2n) is 7.01. The van der Waals surface area contributed by atoms with Crippen molar-refractivity contribution in [3.63, 3.8) is 0 Å². The Bertz CT molecular complexity index is 1330. The predicted molar refractivity (Wildman–Crippen MR) is 114 cm³/mol. The third-order valence-corrected chi connectivity index (χ3v) is 4.83. The second-order valence-corrected chi connectivity index (χ2v) is 7.01. The minimum atomic E-state index is 0.873. The van der Waals surface area contributed by atoms with Crippen molar-refractivity contribution >= 4 is 36.0 Å². The number of aliphatic imine (C=N–C) groups is 2. The zero-order chi connectivity index (χ0) is 19.2. The van der Waals surface area contributed by atoms with E-state index in [1.54, 1.807) is 0 Å². The molecule has 0 atom stereocenters. The van der Waals surface area contributed by atoms with Crippen molar-refractivity contribution in [2.45, 2.75) is 0 Å². The van der Waals surface area contributed by atoms with Crippen LogP contribution in [0.5, 0.6) is 0 Å². The summed E-state index contributed by atoms with van der Waals surface area (Å²) < 4.78 is 0. The lowest BCUT2D eigenvalue weighted by molar-refractivity contribution is 0.542. The Morgan fingerprint density at radius 1 is 0.621 bits per heavy atom. The van der Waals surface area contributed by atoms with Crippen LogP contribution in [0.4, 0.5) is 0 Å². The molecule has 138 valence electrons. The van der Waals surface area contributed by atoms with Crippen LogP contribution in [0.15, 0.2) is 82.3 Å². The molecular formula is C23H16N6. The molecule has 29 heavy (non-hydrogen) atoms. The fraction of sp³-hybridized carbons (Fsp3) is 0. The van der Waals surface area contributed by atoms with E-state index >= 15 is 0 Å². The van der Waals surface area contributed by atoms with Gasteiger partial charge in [0.05, 0.1) is 33.5 Å². The highest BCUT2D eigenvalue weighted by Crippen LogP contribution is 2.20. The number of hydrogen-bond acceptors (Lipinski definition) is 4. The van der Waals surface area contributed by atoms with Crippen molar-refractivity contribution in [2.24, 2.45) is 9.98 Å². The van der Waals surface area contributed by atoms with Gasteiger partial charge in [-0.15, -0.1) is 0 Å². The van der Waals surface area contributed by atoms with Gasteiger partial charge in [0.2, 0.25) is 6.67 Å². The Kier molecular flexibility index (Phi) is 3.43. The van der Waals surface area contributed by atoms with Gasteiger partial charge in [0.15, 0.2) is 0 Å². The fourth-order valence-corrected chi connectivity index (χ4v) is 3.49. The third kappa shape index (κ3) is 3.10. The number of aromatic amines is 2. The molecule has 6 nitrogen and oxygen atoms in total. The summed E-state index contributed by atoms with van der Waals surface area (Å²) >= 11 is 0. The van der Waals surface area contributed by atoms with Crippen LogP contribution in [0, 0.1) is 6.67 Å². The molecule has 6 heterocycles. The molecule has 0 saturated carbocycles. The standard InChI is InChI=1S/C23H16N6/c1-3-20-13-28-9-10-29(15-28)14-21-4-2-17(25-21)12-19-6-8-23(27-19)22-7-5-18(26-22)11-16(1)24-20/h1-14,24-25H. The summed E-state index contributed by atoms with van der Waals surface area (Å²) in [4.78, 5) is 20.0. The Hall–Kier alpha value is -4.06. The van der Waals surface area contributed by atoms with E-state index in [1.165, 1.54) is 0 Å². The van der Waals surface area contributed by atoms with E-state index in [9.17, 15) is 0 Å². The average Bonchev–Trinajstić information content (AvgIpc) is 3.50. The maximum atomic E-state index is 4.70. The van der Waals surface area contributed by atoms with Crippen LogP contribution in [0.3, 0.4) is 0 Å². The first-order chi connectivity index (χ1) is 14.3.